The molecule has 1 amide bonds. The smallest absolute Gasteiger partial charge is 0.225 e. The first-order chi connectivity index (χ1) is 8.24. The van der Waals surface area contributed by atoms with Crippen molar-refractivity contribution >= 4 is 5.91 Å². The molecule has 98 valence electrons. The molecule has 0 bridgehead atoms. The molecule has 3 nitrogen and oxygen atoms in total. The van der Waals surface area contributed by atoms with Crippen LogP contribution in [0.4, 0.5) is 0 Å². The van der Waals surface area contributed by atoms with E-state index in [1.54, 1.807) is 0 Å². The largest absolute Gasteiger partial charge is 0.342 e. The SMILES string of the molecule is CCN(CC)CC1CCN(C(=O)C2CC2)CC1. The van der Waals surface area contributed by atoms with Crippen molar-refractivity contribution in [2.24, 2.45) is 11.8 Å². The van der Waals surface area contributed by atoms with Crippen LogP contribution < -0.4 is 0 Å². The molecule has 1 saturated carbocycles. The fourth-order valence-electron chi connectivity index (χ4n) is 2.77. The lowest BCUT2D eigenvalue weighted by Gasteiger charge is -2.34. The van der Waals surface area contributed by atoms with Crippen molar-refractivity contribution in [2.75, 3.05) is 32.7 Å². The van der Waals surface area contributed by atoms with Gasteiger partial charge in [0.2, 0.25) is 5.91 Å². The van der Waals surface area contributed by atoms with Gasteiger partial charge in [0, 0.05) is 25.6 Å². The van der Waals surface area contributed by atoms with E-state index in [1.165, 1.54) is 19.4 Å². The quantitative estimate of drug-likeness (QED) is 0.731. The molecule has 1 heterocycles. The van der Waals surface area contributed by atoms with Gasteiger partial charge in [-0.2, -0.15) is 0 Å². The van der Waals surface area contributed by atoms with E-state index in [0.29, 0.717) is 11.8 Å². The van der Waals surface area contributed by atoms with Gasteiger partial charge in [-0.05, 0) is 44.7 Å². The van der Waals surface area contributed by atoms with Crippen LogP contribution in [0.1, 0.15) is 39.5 Å². The summed E-state index contributed by atoms with van der Waals surface area (Å²) >= 11 is 0. The summed E-state index contributed by atoms with van der Waals surface area (Å²) in [5.74, 6) is 1.64. The Labute approximate surface area is 105 Å². The zero-order chi connectivity index (χ0) is 12.3. The number of carbonyl (C=O) groups is 1. The summed E-state index contributed by atoms with van der Waals surface area (Å²) < 4.78 is 0. The number of amides is 1. The lowest BCUT2D eigenvalue weighted by Crippen LogP contribution is -2.42. The van der Waals surface area contributed by atoms with Gasteiger partial charge in [-0.25, -0.2) is 0 Å². The van der Waals surface area contributed by atoms with Gasteiger partial charge in [-0.15, -0.1) is 0 Å². The van der Waals surface area contributed by atoms with Gasteiger partial charge < -0.3 is 9.80 Å². The highest BCUT2D eigenvalue weighted by atomic mass is 16.2. The van der Waals surface area contributed by atoms with Gasteiger partial charge in [0.05, 0.1) is 0 Å². The topological polar surface area (TPSA) is 23.6 Å². The van der Waals surface area contributed by atoms with Crippen molar-refractivity contribution in [3.05, 3.63) is 0 Å². The predicted octanol–water partition coefficient (Wildman–Crippen LogP) is 1.98. The van der Waals surface area contributed by atoms with E-state index < -0.39 is 0 Å². The molecule has 2 fully saturated rings. The third-order valence-corrected chi connectivity index (χ3v) is 4.26. The van der Waals surface area contributed by atoms with Gasteiger partial charge in [-0.1, -0.05) is 13.8 Å². The fraction of sp³-hybridized carbons (Fsp3) is 0.929. The number of nitrogens with zero attached hydrogens (tertiary/aromatic N) is 2. The first kappa shape index (κ1) is 12.9. The van der Waals surface area contributed by atoms with E-state index in [9.17, 15) is 4.79 Å². The Bertz CT molecular complexity index is 251. The summed E-state index contributed by atoms with van der Waals surface area (Å²) in [6, 6.07) is 0. The number of hydrogen-bond acceptors (Lipinski definition) is 2. The minimum absolute atomic E-state index is 0.398. The number of carbonyl (C=O) groups excluding carboxylic acids is 1. The van der Waals surface area contributed by atoms with Gasteiger partial charge in [-0.3, -0.25) is 4.79 Å². The molecule has 0 atom stereocenters. The van der Waals surface area contributed by atoms with Crippen molar-refractivity contribution in [1.29, 1.82) is 0 Å². The van der Waals surface area contributed by atoms with E-state index in [2.05, 4.69) is 23.6 Å². The molecule has 1 aliphatic carbocycles. The van der Waals surface area contributed by atoms with E-state index >= 15 is 0 Å². The van der Waals surface area contributed by atoms with Crippen molar-refractivity contribution in [2.45, 2.75) is 39.5 Å². The van der Waals surface area contributed by atoms with Gasteiger partial charge in [0.1, 0.15) is 0 Å². The molecule has 2 rings (SSSR count). The van der Waals surface area contributed by atoms with Crippen LogP contribution in [0.3, 0.4) is 0 Å². The van der Waals surface area contributed by atoms with Gasteiger partial charge >= 0.3 is 0 Å². The Balaban J connectivity index is 1.71. The predicted molar refractivity (Wildman–Crippen MR) is 69.8 cm³/mol. The molecule has 2 aliphatic rings. The van der Waals surface area contributed by atoms with Crippen LogP contribution in [-0.4, -0.2) is 48.4 Å². The fourth-order valence-corrected chi connectivity index (χ4v) is 2.77. The van der Waals surface area contributed by atoms with Gasteiger partial charge in [0.15, 0.2) is 0 Å². The third-order valence-electron chi connectivity index (χ3n) is 4.26. The maximum Gasteiger partial charge on any atom is 0.225 e. The maximum absolute atomic E-state index is 11.9. The number of likely N-dealkylation sites (tertiary alicyclic amines) is 1. The molecule has 17 heavy (non-hydrogen) atoms. The average Bonchev–Trinajstić information content (AvgIpc) is 3.20. The summed E-state index contributed by atoms with van der Waals surface area (Å²) in [4.78, 5) is 16.5. The van der Waals surface area contributed by atoms with Crippen molar-refractivity contribution < 1.29 is 4.79 Å². The molecule has 1 saturated heterocycles. The van der Waals surface area contributed by atoms with Crippen molar-refractivity contribution in [3.63, 3.8) is 0 Å². The monoisotopic (exact) mass is 238 g/mol. The van der Waals surface area contributed by atoms with Crippen LogP contribution >= 0.6 is 0 Å². The molecule has 0 N–H and O–H groups in total. The van der Waals surface area contributed by atoms with E-state index in [1.807, 2.05) is 0 Å². The zero-order valence-electron chi connectivity index (χ0n) is 11.3. The molecule has 1 aliphatic heterocycles. The molecule has 0 spiro atoms. The second-order valence-corrected chi connectivity index (χ2v) is 5.53. The average molecular weight is 238 g/mol. The Morgan fingerprint density at radius 3 is 2.18 bits per heavy atom. The van der Waals surface area contributed by atoms with Crippen LogP contribution in [-0.2, 0) is 4.79 Å². The zero-order valence-corrected chi connectivity index (χ0v) is 11.3. The molecule has 3 heteroatoms. The van der Waals surface area contributed by atoms with E-state index in [-0.39, 0.29) is 0 Å². The molecule has 0 unspecified atom stereocenters. The molecule has 0 aromatic carbocycles. The standard InChI is InChI=1S/C14H26N2O/c1-3-15(4-2)11-12-7-9-16(10-8-12)14(17)13-5-6-13/h12-13H,3-11H2,1-2H3. The second-order valence-electron chi connectivity index (χ2n) is 5.53. The first-order valence-electron chi connectivity index (χ1n) is 7.25. The first-order valence-corrected chi connectivity index (χ1v) is 7.25. The van der Waals surface area contributed by atoms with Gasteiger partial charge in [0.25, 0.3) is 0 Å². The minimum atomic E-state index is 0.398. The third kappa shape index (κ3) is 3.44. The van der Waals surface area contributed by atoms with Crippen LogP contribution in [0.5, 0.6) is 0 Å². The second kappa shape index (κ2) is 5.85. The summed E-state index contributed by atoms with van der Waals surface area (Å²) in [5.41, 5.74) is 0. The van der Waals surface area contributed by atoms with E-state index in [4.69, 9.17) is 0 Å². The summed E-state index contributed by atoms with van der Waals surface area (Å²) in [6.07, 6.45) is 4.68. The van der Waals surface area contributed by atoms with Crippen LogP contribution in [0.15, 0.2) is 0 Å². The Morgan fingerprint density at radius 1 is 1.12 bits per heavy atom. The summed E-state index contributed by atoms with van der Waals surface area (Å²) in [6.45, 7) is 9.99. The Kier molecular flexibility index (Phi) is 4.43. The summed E-state index contributed by atoms with van der Waals surface area (Å²) in [7, 11) is 0. The number of hydrogen-bond donors (Lipinski definition) is 0. The normalized spacial score (nSPS) is 22.2. The Hall–Kier alpha value is -0.570. The molecule has 0 aromatic rings. The van der Waals surface area contributed by atoms with Crippen molar-refractivity contribution in [1.82, 2.24) is 9.80 Å². The number of piperidine rings is 1. The molecule has 0 aromatic heterocycles. The molecule has 0 radical (unpaired) electrons. The van der Waals surface area contributed by atoms with Crippen LogP contribution in [0.25, 0.3) is 0 Å². The molecular formula is C14H26N2O. The van der Waals surface area contributed by atoms with Crippen LogP contribution in [0.2, 0.25) is 0 Å². The highest BCUT2D eigenvalue weighted by Gasteiger charge is 2.34. The Morgan fingerprint density at radius 2 is 1.71 bits per heavy atom. The molecular weight excluding hydrogens is 212 g/mol. The van der Waals surface area contributed by atoms with E-state index in [0.717, 1.165) is 44.9 Å². The highest BCUT2D eigenvalue weighted by Crippen LogP contribution is 2.32. The van der Waals surface area contributed by atoms with Crippen LogP contribution in [0, 0.1) is 11.8 Å². The summed E-state index contributed by atoms with van der Waals surface area (Å²) in [5, 5.41) is 0. The van der Waals surface area contributed by atoms with Crippen molar-refractivity contribution in [3.8, 4) is 0 Å². The minimum Gasteiger partial charge on any atom is -0.342 e. The lowest BCUT2D eigenvalue weighted by atomic mass is 9.96. The maximum atomic E-state index is 11.9. The highest BCUT2D eigenvalue weighted by molar-refractivity contribution is 5.81. The lowest BCUT2D eigenvalue weighted by molar-refractivity contribution is -0.134. The number of rotatable bonds is 5.